The molecular formula is C10H9F3N2O2. The van der Waals surface area contributed by atoms with Crippen molar-refractivity contribution in [3.05, 3.63) is 23.5 Å². The van der Waals surface area contributed by atoms with Crippen LogP contribution in [-0.2, 0) is 6.18 Å². The van der Waals surface area contributed by atoms with Gasteiger partial charge >= 0.3 is 6.18 Å². The minimum absolute atomic E-state index is 0.221. The number of amides is 1. The average molecular weight is 246 g/mol. The number of carbonyl (C=O) groups excluding carboxylic acids is 1. The first-order valence-electron chi connectivity index (χ1n) is 4.91. The van der Waals surface area contributed by atoms with Crippen molar-refractivity contribution >= 4 is 5.91 Å². The van der Waals surface area contributed by atoms with E-state index in [9.17, 15) is 18.0 Å². The van der Waals surface area contributed by atoms with Gasteiger partial charge in [0.15, 0.2) is 5.75 Å². The van der Waals surface area contributed by atoms with E-state index in [2.05, 4.69) is 4.98 Å². The number of primary amides is 1. The molecule has 2 rings (SSSR count). The van der Waals surface area contributed by atoms with Crippen molar-refractivity contribution in [3.63, 3.8) is 0 Å². The molecule has 0 radical (unpaired) electrons. The molecule has 1 aliphatic rings. The van der Waals surface area contributed by atoms with Crippen molar-refractivity contribution in [2.45, 2.75) is 25.1 Å². The summed E-state index contributed by atoms with van der Waals surface area (Å²) in [6, 6.07) is 0. The van der Waals surface area contributed by atoms with Crippen molar-refractivity contribution in [3.8, 4) is 5.75 Å². The first-order chi connectivity index (χ1) is 7.89. The molecule has 4 nitrogen and oxygen atoms in total. The molecule has 1 aromatic heterocycles. The summed E-state index contributed by atoms with van der Waals surface area (Å²) in [5.41, 5.74) is 3.08. The number of carbonyl (C=O) groups is 1. The average Bonchev–Trinajstić information content (AvgIpc) is 2.99. The van der Waals surface area contributed by atoms with Crippen molar-refractivity contribution in [2.75, 3.05) is 0 Å². The van der Waals surface area contributed by atoms with Gasteiger partial charge < -0.3 is 10.5 Å². The van der Waals surface area contributed by atoms with E-state index >= 15 is 0 Å². The Morgan fingerprint density at radius 3 is 2.53 bits per heavy atom. The third-order valence-electron chi connectivity index (χ3n) is 2.28. The van der Waals surface area contributed by atoms with E-state index in [0.717, 1.165) is 12.4 Å². The van der Waals surface area contributed by atoms with Crippen LogP contribution in [0.1, 0.15) is 28.8 Å². The van der Waals surface area contributed by atoms with Crippen LogP contribution in [0.4, 0.5) is 13.2 Å². The van der Waals surface area contributed by atoms with Gasteiger partial charge in [0.1, 0.15) is 5.56 Å². The molecule has 0 aliphatic heterocycles. The molecule has 2 N–H and O–H groups in total. The van der Waals surface area contributed by atoms with Gasteiger partial charge in [0, 0.05) is 6.20 Å². The number of pyridine rings is 1. The molecule has 7 heteroatoms. The van der Waals surface area contributed by atoms with Gasteiger partial charge in [-0.1, -0.05) is 0 Å². The van der Waals surface area contributed by atoms with Crippen LogP contribution in [-0.4, -0.2) is 17.0 Å². The predicted molar refractivity (Wildman–Crippen MR) is 51.4 cm³/mol. The summed E-state index contributed by atoms with van der Waals surface area (Å²) in [4.78, 5) is 14.5. The second kappa shape index (κ2) is 3.90. The highest BCUT2D eigenvalue weighted by atomic mass is 19.4. The minimum atomic E-state index is -4.70. The second-order valence-corrected chi connectivity index (χ2v) is 3.74. The van der Waals surface area contributed by atoms with Crippen molar-refractivity contribution in [1.82, 2.24) is 4.98 Å². The smallest absolute Gasteiger partial charge is 0.420 e. The quantitative estimate of drug-likeness (QED) is 0.883. The Kier molecular flexibility index (Phi) is 2.68. The number of alkyl halides is 3. The van der Waals surface area contributed by atoms with Gasteiger partial charge in [-0.15, -0.1) is 0 Å². The molecule has 1 amide bonds. The van der Waals surface area contributed by atoms with Crippen LogP contribution in [0.5, 0.6) is 5.75 Å². The molecule has 0 aromatic carbocycles. The van der Waals surface area contributed by atoms with Crippen LogP contribution in [0.3, 0.4) is 0 Å². The molecule has 0 unspecified atom stereocenters. The lowest BCUT2D eigenvalue weighted by molar-refractivity contribution is -0.139. The van der Waals surface area contributed by atoms with Crippen LogP contribution in [0.2, 0.25) is 0 Å². The summed E-state index contributed by atoms with van der Waals surface area (Å²) in [6.45, 7) is 0. The van der Waals surface area contributed by atoms with Crippen molar-refractivity contribution in [2.24, 2.45) is 5.73 Å². The lowest BCUT2D eigenvalue weighted by atomic mass is 10.1. The van der Waals surface area contributed by atoms with Crippen LogP contribution in [0, 0.1) is 0 Å². The summed E-state index contributed by atoms with van der Waals surface area (Å²) in [5.74, 6) is -1.61. The van der Waals surface area contributed by atoms with E-state index in [4.69, 9.17) is 10.5 Å². The fourth-order valence-electron chi connectivity index (χ4n) is 1.38. The Morgan fingerprint density at radius 2 is 2.06 bits per heavy atom. The van der Waals surface area contributed by atoms with Gasteiger partial charge in [-0.2, -0.15) is 13.2 Å². The zero-order valence-electron chi connectivity index (χ0n) is 8.62. The number of nitrogens with two attached hydrogens (primary N) is 1. The maximum atomic E-state index is 12.8. The topological polar surface area (TPSA) is 65.2 Å². The number of rotatable bonds is 3. The highest BCUT2D eigenvalue weighted by Gasteiger charge is 2.40. The number of hydrogen-bond acceptors (Lipinski definition) is 3. The molecule has 0 bridgehead atoms. The third-order valence-corrected chi connectivity index (χ3v) is 2.28. The highest BCUT2D eigenvalue weighted by molar-refractivity contribution is 5.94. The molecular weight excluding hydrogens is 237 g/mol. The van der Waals surface area contributed by atoms with Crippen molar-refractivity contribution < 1.29 is 22.7 Å². The summed E-state index contributed by atoms with van der Waals surface area (Å²) in [5, 5.41) is 0. The number of halogens is 3. The Labute approximate surface area is 94.6 Å². The molecule has 1 fully saturated rings. The highest BCUT2D eigenvalue weighted by Crippen LogP contribution is 2.40. The Hall–Kier alpha value is -1.79. The number of aromatic nitrogens is 1. The van der Waals surface area contributed by atoms with E-state index in [1.165, 1.54) is 0 Å². The lowest BCUT2D eigenvalue weighted by Gasteiger charge is -2.15. The predicted octanol–water partition coefficient (Wildman–Crippen LogP) is 1.74. The molecule has 1 heterocycles. The zero-order chi connectivity index (χ0) is 12.6. The minimum Gasteiger partial charge on any atom is -0.488 e. The summed E-state index contributed by atoms with van der Waals surface area (Å²) >= 11 is 0. The first-order valence-corrected chi connectivity index (χ1v) is 4.91. The molecule has 0 saturated heterocycles. The van der Waals surface area contributed by atoms with E-state index in [1.807, 2.05) is 0 Å². The largest absolute Gasteiger partial charge is 0.488 e. The maximum absolute atomic E-state index is 12.8. The van der Waals surface area contributed by atoms with Gasteiger partial charge in [0.2, 0.25) is 0 Å². The van der Waals surface area contributed by atoms with Crippen LogP contribution < -0.4 is 10.5 Å². The fourth-order valence-corrected chi connectivity index (χ4v) is 1.38. The number of hydrogen-bond donors (Lipinski definition) is 1. The van der Waals surface area contributed by atoms with Gasteiger partial charge in [-0.25, -0.2) is 0 Å². The third kappa shape index (κ3) is 2.48. The van der Waals surface area contributed by atoms with E-state index in [-0.39, 0.29) is 6.10 Å². The van der Waals surface area contributed by atoms with Crippen LogP contribution in [0.25, 0.3) is 0 Å². The second-order valence-electron chi connectivity index (χ2n) is 3.74. The van der Waals surface area contributed by atoms with Gasteiger partial charge in [0.05, 0.1) is 17.9 Å². The van der Waals surface area contributed by atoms with E-state index in [0.29, 0.717) is 12.8 Å². The maximum Gasteiger partial charge on any atom is 0.420 e. The molecule has 0 spiro atoms. The van der Waals surface area contributed by atoms with Gasteiger partial charge in [0.25, 0.3) is 5.91 Å². The fraction of sp³-hybridized carbons (Fsp3) is 0.400. The van der Waals surface area contributed by atoms with E-state index in [1.54, 1.807) is 0 Å². The summed E-state index contributed by atoms with van der Waals surface area (Å²) in [7, 11) is 0. The van der Waals surface area contributed by atoms with Crippen molar-refractivity contribution in [1.29, 1.82) is 0 Å². The lowest BCUT2D eigenvalue weighted by Crippen LogP contribution is -2.20. The number of ether oxygens (including phenoxy) is 1. The monoisotopic (exact) mass is 246 g/mol. The Bertz CT molecular complexity index is 455. The molecule has 17 heavy (non-hydrogen) atoms. The standard InChI is InChI=1S/C10H9F3N2O2/c11-10(12,13)8-6(9(14)16)3-15-4-7(8)17-5-1-2-5/h3-5H,1-2H2,(H2,14,16). The Morgan fingerprint density at radius 1 is 1.41 bits per heavy atom. The molecule has 1 aromatic rings. The van der Waals surface area contributed by atoms with Gasteiger partial charge in [-0.05, 0) is 12.8 Å². The summed E-state index contributed by atoms with van der Waals surface area (Å²) < 4.78 is 43.6. The van der Waals surface area contributed by atoms with Crippen LogP contribution >= 0.6 is 0 Å². The number of nitrogens with zero attached hydrogens (tertiary/aromatic N) is 1. The first kappa shape index (κ1) is 11.7. The van der Waals surface area contributed by atoms with E-state index < -0.39 is 29.0 Å². The normalized spacial score (nSPS) is 15.7. The molecule has 92 valence electrons. The van der Waals surface area contributed by atoms with Crippen LogP contribution in [0.15, 0.2) is 12.4 Å². The summed E-state index contributed by atoms with van der Waals surface area (Å²) in [6.07, 6.45) is -1.76. The Balaban J connectivity index is 2.49. The SMILES string of the molecule is NC(=O)c1cncc(OC2CC2)c1C(F)(F)F. The van der Waals surface area contributed by atoms with Gasteiger partial charge in [-0.3, -0.25) is 9.78 Å². The molecule has 1 aliphatic carbocycles. The zero-order valence-corrected chi connectivity index (χ0v) is 8.62. The molecule has 1 saturated carbocycles. The molecule has 0 atom stereocenters.